The molecule has 5 aromatic rings. The van der Waals surface area contributed by atoms with E-state index in [1.807, 2.05) is 18.3 Å². The van der Waals surface area contributed by atoms with Crippen LogP contribution in [-0.2, 0) is 12.8 Å². The lowest BCUT2D eigenvalue weighted by molar-refractivity contribution is 0.460. The molecule has 3 heteroatoms. The topological polar surface area (TPSA) is 31.0 Å². The first-order valence-electron chi connectivity index (χ1n) is 11.3. The van der Waals surface area contributed by atoms with Crippen LogP contribution >= 0.6 is 0 Å². The zero-order chi connectivity index (χ0) is 21.1. The van der Waals surface area contributed by atoms with Gasteiger partial charge in [0.15, 0.2) is 0 Å². The number of allylic oxidation sites excluding steroid dienone is 2. The normalized spacial score (nSPS) is 19.4. The molecule has 0 aliphatic heterocycles. The molecule has 2 atom stereocenters. The molecule has 3 nitrogen and oxygen atoms in total. The second kappa shape index (κ2) is 6.83. The van der Waals surface area contributed by atoms with Crippen molar-refractivity contribution in [2.24, 2.45) is 11.8 Å². The highest BCUT2D eigenvalue weighted by Gasteiger charge is 2.29. The molecular formula is C29H22N2O. The Bertz CT molecular complexity index is 1530. The third-order valence-corrected chi connectivity index (χ3v) is 7.05. The van der Waals surface area contributed by atoms with Crippen molar-refractivity contribution < 1.29 is 4.42 Å². The molecule has 3 heterocycles. The monoisotopic (exact) mass is 414 g/mol. The van der Waals surface area contributed by atoms with Gasteiger partial charge >= 0.3 is 0 Å². The Hall–Kier alpha value is -3.85. The summed E-state index contributed by atoms with van der Waals surface area (Å²) in [4.78, 5) is 4.64. The molecule has 0 bridgehead atoms. The summed E-state index contributed by atoms with van der Waals surface area (Å²) in [5.41, 5.74) is 6.25. The van der Waals surface area contributed by atoms with Gasteiger partial charge in [-0.05, 0) is 66.7 Å². The Balaban J connectivity index is 1.30. The molecule has 154 valence electrons. The molecule has 0 amide bonds. The summed E-state index contributed by atoms with van der Waals surface area (Å²) >= 11 is 0. The van der Waals surface area contributed by atoms with Gasteiger partial charge in [0.2, 0.25) is 0 Å². The molecule has 0 fully saturated rings. The molecule has 7 rings (SSSR count). The fraction of sp³-hybridized carbons (Fsp3) is 0.138. The quantitative estimate of drug-likeness (QED) is 0.316. The van der Waals surface area contributed by atoms with Crippen LogP contribution in [0.5, 0.6) is 0 Å². The van der Waals surface area contributed by atoms with Gasteiger partial charge in [-0.25, -0.2) is 4.98 Å². The smallest absolute Gasteiger partial charge is 0.137 e. The number of hydrogen-bond acceptors (Lipinski definition) is 2. The van der Waals surface area contributed by atoms with Crippen LogP contribution in [-0.4, -0.2) is 9.55 Å². The number of para-hydroxylation sites is 2. The molecule has 32 heavy (non-hydrogen) atoms. The van der Waals surface area contributed by atoms with Gasteiger partial charge in [-0.2, -0.15) is 0 Å². The van der Waals surface area contributed by atoms with Crippen molar-refractivity contribution in [3.63, 3.8) is 0 Å². The fourth-order valence-electron chi connectivity index (χ4n) is 5.53. The minimum absolute atomic E-state index is 0.462. The van der Waals surface area contributed by atoms with Crippen molar-refractivity contribution in [3.8, 4) is 5.82 Å². The number of hydrogen-bond donors (Lipinski definition) is 0. The summed E-state index contributed by atoms with van der Waals surface area (Å²) < 4.78 is 8.38. The van der Waals surface area contributed by atoms with Crippen molar-refractivity contribution in [2.45, 2.75) is 12.8 Å². The first-order chi connectivity index (χ1) is 15.9. The highest BCUT2D eigenvalue weighted by atomic mass is 16.3. The van der Waals surface area contributed by atoms with E-state index in [-0.39, 0.29) is 0 Å². The first-order valence-corrected chi connectivity index (χ1v) is 11.3. The van der Waals surface area contributed by atoms with Crippen LogP contribution in [0.4, 0.5) is 0 Å². The Morgan fingerprint density at radius 3 is 2.38 bits per heavy atom. The molecule has 3 aromatic heterocycles. The van der Waals surface area contributed by atoms with Gasteiger partial charge in [-0.15, -0.1) is 0 Å². The van der Waals surface area contributed by atoms with E-state index in [1.165, 1.54) is 33.1 Å². The zero-order valence-electron chi connectivity index (χ0n) is 17.6. The van der Waals surface area contributed by atoms with E-state index in [0.29, 0.717) is 11.8 Å². The predicted octanol–water partition coefficient (Wildman–Crippen LogP) is 6.84. The van der Waals surface area contributed by atoms with E-state index in [2.05, 4.69) is 88.5 Å². The van der Waals surface area contributed by atoms with Crippen molar-refractivity contribution in [2.75, 3.05) is 0 Å². The van der Waals surface area contributed by atoms with Crippen molar-refractivity contribution >= 4 is 34.0 Å². The lowest BCUT2D eigenvalue weighted by atomic mass is 9.77. The third kappa shape index (κ3) is 2.57. The van der Waals surface area contributed by atoms with Crippen molar-refractivity contribution in [1.82, 2.24) is 9.55 Å². The van der Waals surface area contributed by atoms with E-state index in [0.717, 1.165) is 30.0 Å². The van der Waals surface area contributed by atoms with Gasteiger partial charge < -0.3 is 4.42 Å². The number of rotatable bonds is 2. The Morgan fingerprint density at radius 1 is 0.750 bits per heavy atom. The van der Waals surface area contributed by atoms with Crippen LogP contribution in [0.1, 0.15) is 22.6 Å². The standard InChI is InChI=1S/C29H22N2O/c1-3-9-25-21(7-1)23-17-19(12-14-26(23)31(25)29-11-5-6-16-30-29)20-13-15-28-24(18-20)22-8-2-4-10-27(22)32-28/h1-16,19-20H,17-18H2. The lowest BCUT2D eigenvalue weighted by Crippen LogP contribution is -2.20. The van der Waals surface area contributed by atoms with Crippen molar-refractivity contribution in [3.05, 3.63) is 108 Å². The zero-order valence-corrected chi connectivity index (χ0v) is 17.6. The molecule has 0 spiro atoms. The summed E-state index contributed by atoms with van der Waals surface area (Å²) in [6.45, 7) is 0. The Kier molecular flexibility index (Phi) is 3.80. The molecule has 0 radical (unpaired) electrons. The molecule has 2 unspecified atom stereocenters. The van der Waals surface area contributed by atoms with Crippen LogP contribution in [0.15, 0.2) is 89.5 Å². The molecule has 0 saturated heterocycles. The Labute approximate surface area is 186 Å². The second-order valence-corrected chi connectivity index (χ2v) is 8.80. The minimum atomic E-state index is 0.462. The second-order valence-electron chi connectivity index (χ2n) is 8.80. The van der Waals surface area contributed by atoms with Gasteiger partial charge in [0, 0.05) is 22.5 Å². The van der Waals surface area contributed by atoms with E-state index in [1.54, 1.807) is 0 Å². The minimum Gasteiger partial charge on any atom is -0.456 e. The average molecular weight is 415 g/mol. The molecular weight excluding hydrogens is 392 g/mol. The highest BCUT2D eigenvalue weighted by molar-refractivity contribution is 5.90. The Morgan fingerprint density at radius 2 is 1.50 bits per heavy atom. The largest absolute Gasteiger partial charge is 0.456 e. The fourth-order valence-corrected chi connectivity index (χ4v) is 5.53. The van der Waals surface area contributed by atoms with Gasteiger partial charge in [0.1, 0.15) is 17.2 Å². The summed E-state index contributed by atoms with van der Waals surface area (Å²) in [6.07, 6.45) is 13.2. The van der Waals surface area contributed by atoms with E-state index in [9.17, 15) is 0 Å². The summed E-state index contributed by atoms with van der Waals surface area (Å²) in [6, 6.07) is 23.2. The maximum absolute atomic E-state index is 6.08. The highest BCUT2D eigenvalue weighted by Crippen LogP contribution is 2.41. The number of fused-ring (bicyclic) bond motifs is 6. The van der Waals surface area contributed by atoms with Crippen LogP contribution in [0.2, 0.25) is 0 Å². The first kappa shape index (κ1) is 17.8. The molecule has 0 N–H and O–H groups in total. The van der Waals surface area contributed by atoms with E-state index >= 15 is 0 Å². The van der Waals surface area contributed by atoms with Gasteiger partial charge in [0.25, 0.3) is 0 Å². The third-order valence-electron chi connectivity index (χ3n) is 7.05. The van der Waals surface area contributed by atoms with Crippen LogP contribution in [0, 0.1) is 11.8 Å². The van der Waals surface area contributed by atoms with Crippen LogP contribution < -0.4 is 0 Å². The summed E-state index contributed by atoms with van der Waals surface area (Å²) in [5.74, 6) is 2.92. The average Bonchev–Trinajstić information content (AvgIpc) is 3.39. The number of aromatic nitrogens is 2. The maximum Gasteiger partial charge on any atom is 0.137 e. The van der Waals surface area contributed by atoms with E-state index in [4.69, 9.17) is 4.42 Å². The summed E-state index contributed by atoms with van der Waals surface area (Å²) in [5, 5.41) is 2.58. The SMILES string of the molecule is C1=CC(C2C=Cc3c(c4ccccc4n3-c3ccccn3)C2)Cc2c1oc1ccccc21. The summed E-state index contributed by atoms with van der Waals surface area (Å²) in [7, 11) is 0. The number of pyridine rings is 1. The van der Waals surface area contributed by atoms with Crippen LogP contribution in [0.3, 0.4) is 0 Å². The lowest BCUT2D eigenvalue weighted by Gasteiger charge is -2.27. The van der Waals surface area contributed by atoms with Crippen molar-refractivity contribution in [1.29, 1.82) is 0 Å². The maximum atomic E-state index is 6.08. The number of furan rings is 1. The predicted molar refractivity (Wildman–Crippen MR) is 130 cm³/mol. The van der Waals surface area contributed by atoms with Gasteiger partial charge in [-0.3, -0.25) is 4.57 Å². The van der Waals surface area contributed by atoms with Gasteiger partial charge in [0.05, 0.1) is 11.2 Å². The molecule has 0 saturated carbocycles. The van der Waals surface area contributed by atoms with Crippen LogP contribution in [0.25, 0.3) is 39.8 Å². The number of nitrogens with zero attached hydrogens (tertiary/aromatic N) is 2. The van der Waals surface area contributed by atoms with Gasteiger partial charge in [-0.1, -0.05) is 54.6 Å². The number of benzene rings is 2. The molecule has 2 aliphatic rings. The molecule has 2 aliphatic carbocycles. The van der Waals surface area contributed by atoms with E-state index < -0.39 is 0 Å². The molecule has 2 aromatic carbocycles.